The predicted molar refractivity (Wildman–Crippen MR) is 103 cm³/mol. The Hall–Kier alpha value is -3.47. The minimum atomic E-state index is -0.694. The summed E-state index contributed by atoms with van der Waals surface area (Å²) in [5.41, 5.74) is 2.43. The van der Waals surface area contributed by atoms with E-state index < -0.39 is 6.04 Å². The predicted octanol–water partition coefficient (Wildman–Crippen LogP) is 3.20. The molecule has 1 aliphatic heterocycles. The quantitative estimate of drug-likeness (QED) is 0.720. The maximum absolute atomic E-state index is 13.4. The fourth-order valence-corrected chi connectivity index (χ4v) is 3.38. The fourth-order valence-electron chi connectivity index (χ4n) is 3.38. The molecule has 1 fully saturated rings. The smallest absolute Gasteiger partial charge is 0.254 e. The fraction of sp³-hybridized carbons (Fsp3) is 0.136. The van der Waals surface area contributed by atoms with E-state index in [1.165, 1.54) is 0 Å². The first-order valence-electron chi connectivity index (χ1n) is 8.84. The number of aromatic nitrogens is 1. The van der Waals surface area contributed by atoms with Crippen molar-refractivity contribution in [3.8, 4) is 0 Å². The number of pyridine rings is 1. The second-order valence-electron chi connectivity index (χ2n) is 6.46. The SMILES string of the molecule is O=C1C(c2cccnc2)N(Cc2ccccc2)C(=O)CN1c1ccccc1. The number of hydrogen-bond acceptors (Lipinski definition) is 3. The van der Waals surface area contributed by atoms with Crippen molar-refractivity contribution in [3.63, 3.8) is 0 Å². The summed E-state index contributed by atoms with van der Waals surface area (Å²) in [7, 11) is 0. The minimum absolute atomic E-state index is 0.0342. The zero-order valence-electron chi connectivity index (χ0n) is 14.7. The summed E-state index contributed by atoms with van der Waals surface area (Å²) >= 11 is 0. The molecule has 0 aliphatic carbocycles. The molecule has 5 heteroatoms. The van der Waals surface area contributed by atoms with Crippen LogP contribution in [0, 0.1) is 0 Å². The second kappa shape index (κ2) is 7.41. The molecule has 1 aromatic heterocycles. The Bertz CT molecular complexity index is 930. The van der Waals surface area contributed by atoms with Crippen molar-refractivity contribution < 1.29 is 9.59 Å². The van der Waals surface area contributed by atoms with Crippen LogP contribution in [0.4, 0.5) is 5.69 Å². The van der Waals surface area contributed by atoms with Gasteiger partial charge in [-0.25, -0.2) is 0 Å². The van der Waals surface area contributed by atoms with Gasteiger partial charge < -0.3 is 9.80 Å². The van der Waals surface area contributed by atoms with E-state index in [0.717, 1.165) is 11.3 Å². The molecule has 1 aliphatic rings. The molecule has 1 unspecified atom stereocenters. The molecule has 3 aromatic rings. The summed E-state index contributed by atoms with van der Waals surface area (Å²) in [6.45, 7) is 0.417. The third-order valence-corrected chi connectivity index (χ3v) is 4.69. The number of rotatable bonds is 4. The Balaban J connectivity index is 1.73. The van der Waals surface area contributed by atoms with E-state index in [9.17, 15) is 9.59 Å². The first-order valence-corrected chi connectivity index (χ1v) is 8.84. The van der Waals surface area contributed by atoms with Crippen LogP contribution in [-0.4, -0.2) is 28.2 Å². The number of amides is 2. The third-order valence-electron chi connectivity index (χ3n) is 4.69. The van der Waals surface area contributed by atoms with Gasteiger partial charge in [0.05, 0.1) is 0 Å². The van der Waals surface area contributed by atoms with Gasteiger partial charge in [0, 0.05) is 30.2 Å². The first kappa shape index (κ1) is 17.0. The summed E-state index contributed by atoms with van der Waals surface area (Å²) in [4.78, 5) is 33.8. The summed E-state index contributed by atoms with van der Waals surface area (Å²) in [5, 5.41) is 0. The van der Waals surface area contributed by atoms with Crippen LogP contribution in [0.15, 0.2) is 85.2 Å². The van der Waals surface area contributed by atoms with Gasteiger partial charge in [0.2, 0.25) is 5.91 Å². The summed E-state index contributed by atoms with van der Waals surface area (Å²) in [6.07, 6.45) is 3.32. The summed E-state index contributed by atoms with van der Waals surface area (Å²) in [6, 6.07) is 22.0. The van der Waals surface area contributed by atoms with Crippen molar-refractivity contribution in [1.29, 1.82) is 0 Å². The molecule has 1 atom stereocenters. The van der Waals surface area contributed by atoms with Crippen LogP contribution >= 0.6 is 0 Å². The number of para-hydroxylation sites is 1. The van der Waals surface area contributed by atoms with E-state index in [-0.39, 0.29) is 18.4 Å². The molecule has 0 N–H and O–H groups in total. The average Bonchev–Trinajstić information content (AvgIpc) is 2.73. The van der Waals surface area contributed by atoms with E-state index >= 15 is 0 Å². The molecule has 4 rings (SSSR count). The first-order chi connectivity index (χ1) is 13.2. The van der Waals surface area contributed by atoms with E-state index in [1.54, 1.807) is 28.3 Å². The van der Waals surface area contributed by atoms with Crippen molar-refractivity contribution >= 4 is 17.5 Å². The normalized spacial score (nSPS) is 17.3. The maximum atomic E-state index is 13.4. The molecule has 134 valence electrons. The molecule has 2 aromatic carbocycles. The van der Waals surface area contributed by atoms with E-state index in [0.29, 0.717) is 12.1 Å². The Morgan fingerprint density at radius 2 is 1.59 bits per heavy atom. The number of carbonyl (C=O) groups is 2. The Kier molecular flexibility index (Phi) is 4.66. The van der Waals surface area contributed by atoms with Crippen molar-refractivity contribution in [2.45, 2.75) is 12.6 Å². The number of piperazine rings is 1. The van der Waals surface area contributed by atoms with Gasteiger partial charge in [0.25, 0.3) is 5.91 Å². The van der Waals surface area contributed by atoms with E-state index in [1.807, 2.05) is 66.7 Å². The lowest BCUT2D eigenvalue weighted by Crippen LogP contribution is -2.55. The molecule has 0 bridgehead atoms. The topological polar surface area (TPSA) is 53.5 Å². The molecule has 1 saturated heterocycles. The van der Waals surface area contributed by atoms with Crippen LogP contribution in [0.1, 0.15) is 17.2 Å². The van der Waals surface area contributed by atoms with Crippen LogP contribution in [0.25, 0.3) is 0 Å². The standard InChI is InChI=1S/C22H19N3O2/c26-20-16-24(19-11-5-2-6-12-19)22(27)21(18-10-7-13-23-14-18)25(20)15-17-8-3-1-4-9-17/h1-14,21H,15-16H2. The van der Waals surface area contributed by atoms with Gasteiger partial charge in [-0.05, 0) is 23.8 Å². The van der Waals surface area contributed by atoms with Gasteiger partial charge in [0.1, 0.15) is 12.6 Å². The van der Waals surface area contributed by atoms with Crippen LogP contribution in [-0.2, 0) is 16.1 Å². The molecular weight excluding hydrogens is 338 g/mol. The molecule has 2 heterocycles. The van der Waals surface area contributed by atoms with Gasteiger partial charge >= 0.3 is 0 Å². The largest absolute Gasteiger partial charge is 0.321 e. The molecule has 5 nitrogen and oxygen atoms in total. The highest BCUT2D eigenvalue weighted by Gasteiger charge is 2.40. The minimum Gasteiger partial charge on any atom is -0.321 e. The van der Waals surface area contributed by atoms with Gasteiger partial charge in [-0.3, -0.25) is 14.6 Å². The Morgan fingerprint density at radius 3 is 2.26 bits per heavy atom. The van der Waals surface area contributed by atoms with Crippen molar-refractivity contribution in [2.75, 3.05) is 11.4 Å². The average molecular weight is 357 g/mol. The molecule has 0 saturated carbocycles. The van der Waals surface area contributed by atoms with Crippen LogP contribution < -0.4 is 4.90 Å². The number of carbonyl (C=O) groups excluding carboxylic acids is 2. The number of anilines is 1. The second-order valence-corrected chi connectivity index (χ2v) is 6.46. The van der Waals surface area contributed by atoms with Crippen molar-refractivity contribution in [1.82, 2.24) is 9.88 Å². The maximum Gasteiger partial charge on any atom is 0.254 e. The molecule has 0 spiro atoms. The summed E-state index contributed by atoms with van der Waals surface area (Å²) < 4.78 is 0. The molecule has 27 heavy (non-hydrogen) atoms. The number of benzene rings is 2. The molecular formula is C22H19N3O2. The van der Waals surface area contributed by atoms with Gasteiger partial charge in [-0.2, -0.15) is 0 Å². The lowest BCUT2D eigenvalue weighted by atomic mass is 10.0. The monoisotopic (exact) mass is 357 g/mol. The van der Waals surface area contributed by atoms with Gasteiger partial charge in [-0.15, -0.1) is 0 Å². The number of hydrogen-bond donors (Lipinski definition) is 0. The van der Waals surface area contributed by atoms with E-state index in [4.69, 9.17) is 0 Å². The van der Waals surface area contributed by atoms with Crippen LogP contribution in [0.2, 0.25) is 0 Å². The van der Waals surface area contributed by atoms with Crippen LogP contribution in [0.5, 0.6) is 0 Å². The lowest BCUT2D eigenvalue weighted by Gasteiger charge is -2.40. The zero-order valence-corrected chi connectivity index (χ0v) is 14.7. The van der Waals surface area contributed by atoms with E-state index in [2.05, 4.69) is 4.98 Å². The lowest BCUT2D eigenvalue weighted by molar-refractivity contribution is -0.144. The molecule has 2 amide bonds. The van der Waals surface area contributed by atoms with Crippen molar-refractivity contribution in [2.24, 2.45) is 0 Å². The van der Waals surface area contributed by atoms with Crippen LogP contribution in [0.3, 0.4) is 0 Å². The third kappa shape index (κ3) is 3.44. The van der Waals surface area contributed by atoms with Crippen molar-refractivity contribution in [3.05, 3.63) is 96.3 Å². The molecule has 0 radical (unpaired) electrons. The number of nitrogens with zero attached hydrogens (tertiary/aromatic N) is 3. The highest BCUT2D eigenvalue weighted by atomic mass is 16.2. The summed E-state index contributed by atoms with van der Waals surface area (Å²) in [5.74, 6) is -0.208. The Morgan fingerprint density at radius 1 is 0.889 bits per heavy atom. The van der Waals surface area contributed by atoms with Gasteiger partial charge in [0.15, 0.2) is 0 Å². The Labute approximate surface area is 157 Å². The zero-order chi connectivity index (χ0) is 18.6. The highest BCUT2D eigenvalue weighted by Crippen LogP contribution is 2.31. The van der Waals surface area contributed by atoms with Gasteiger partial charge in [-0.1, -0.05) is 54.6 Å². The highest BCUT2D eigenvalue weighted by molar-refractivity contribution is 6.06.